The van der Waals surface area contributed by atoms with E-state index in [1.54, 1.807) is 42.5 Å². The SMILES string of the molecule is CN(c1ccccc1)S(=O)(=O)c1ccc(C(=O)NCc2cccc(F)c2)cc1. The Morgan fingerprint density at radius 1 is 0.964 bits per heavy atom. The number of sulfonamides is 1. The van der Waals surface area contributed by atoms with Crippen LogP contribution in [0.4, 0.5) is 10.1 Å². The molecule has 28 heavy (non-hydrogen) atoms. The summed E-state index contributed by atoms with van der Waals surface area (Å²) < 4.78 is 39.9. The van der Waals surface area contributed by atoms with E-state index in [1.807, 2.05) is 0 Å². The highest BCUT2D eigenvalue weighted by molar-refractivity contribution is 7.92. The first kappa shape index (κ1) is 19.6. The Morgan fingerprint density at radius 3 is 2.29 bits per heavy atom. The van der Waals surface area contributed by atoms with E-state index in [1.165, 1.54) is 47.8 Å². The Morgan fingerprint density at radius 2 is 1.64 bits per heavy atom. The number of benzene rings is 3. The number of rotatable bonds is 6. The van der Waals surface area contributed by atoms with Crippen LogP contribution in [0.25, 0.3) is 0 Å². The average molecular weight is 398 g/mol. The second-order valence-electron chi connectivity index (χ2n) is 6.15. The molecule has 0 aliphatic heterocycles. The molecule has 0 aliphatic rings. The van der Waals surface area contributed by atoms with Crippen molar-refractivity contribution >= 4 is 21.6 Å². The van der Waals surface area contributed by atoms with Crippen LogP contribution in [-0.4, -0.2) is 21.4 Å². The van der Waals surface area contributed by atoms with Crippen LogP contribution in [-0.2, 0) is 16.6 Å². The third-order valence-corrected chi connectivity index (χ3v) is 6.04. The number of hydrogen-bond acceptors (Lipinski definition) is 3. The fraction of sp³-hybridized carbons (Fsp3) is 0.0952. The Bertz CT molecular complexity index is 1070. The second kappa shape index (κ2) is 8.22. The zero-order valence-corrected chi connectivity index (χ0v) is 16.0. The number of carbonyl (C=O) groups excluding carboxylic acids is 1. The molecule has 0 atom stereocenters. The topological polar surface area (TPSA) is 66.5 Å². The van der Waals surface area contributed by atoms with Gasteiger partial charge in [0.2, 0.25) is 0 Å². The molecule has 0 spiro atoms. The third-order valence-electron chi connectivity index (χ3n) is 4.24. The molecule has 144 valence electrons. The Hall–Kier alpha value is -3.19. The van der Waals surface area contributed by atoms with Crippen LogP contribution in [0.3, 0.4) is 0 Å². The Balaban J connectivity index is 1.71. The first-order valence-electron chi connectivity index (χ1n) is 8.54. The monoisotopic (exact) mass is 398 g/mol. The normalized spacial score (nSPS) is 11.1. The first-order chi connectivity index (χ1) is 13.4. The molecule has 0 aromatic heterocycles. The molecule has 3 aromatic rings. The van der Waals surface area contributed by atoms with Gasteiger partial charge in [0.1, 0.15) is 5.82 Å². The molecule has 0 saturated carbocycles. The summed E-state index contributed by atoms with van der Waals surface area (Å²) in [5, 5.41) is 2.68. The van der Waals surface area contributed by atoms with Gasteiger partial charge in [-0.2, -0.15) is 0 Å². The van der Waals surface area contributed by atoms with Crippen molar-refractivity contribution in [2.45, 2.75) is 11.4 Å². The van der Waals surface area contributed by atoms with Crippen molar-refractivity contribution in [1.82, 2.24) is 5.32 Å². The maximum Gasteiger partial charge on any atom is 0.264 e. The van der Waals surface area contributed by atoms with Gasteiger partial charge in [-0.15, -0.1) is 0 Å². The number of amides is 1. The van der Waals surface area contributed by atoms with E-state index in [4.69, 9.17) is 0 Å². The van der Waals surface area contributed by atoms with Crippen molar-refractivity contribution < 1.29 is 17.6 Å². The van der Waals surface area contributed by atoms with Crippen LogP contribution in [0.2, 0.25) is 0 Å². The average Bonchev–Trinajstić information content (AvgIpc) is 2.72. The molecular weight excluding hydrogens is 379 g/mol. The van der Waals surface area contributed by atoms with E-state index < -0.39 is 10.0 Å². The second-order valence-corrected chi connectivity index (χ2v) is 8.11. The van der Waals surface area contributed by atoms with Gasteiger partial charge in [0.05, 0.1) is 10.6 Å². The molecule has 0 radical (unpaired) electrons. The Kier molecular flexibility index (Phi) is 5.75. The fourth-order valence-corrected chi connectivity index (χ4v) is 3.84. The van der Waals surface area contributed by atoms with E-state index in [9.17, 15) is 17.6 Å². The summed E-state index contributed by atoms with van der Waals surface area (Å²) in [6, 6.07) is 20.4. The van der Waals surface area contributed by atoms with Crippen molar-refractivity contribution in [3.63, 3.8) is 0 Å². The van der Waals surface area contributed by atoms with Crippen molar-refractivity contribution in [2.24, 2.45) is 0 Å². The van der Waals surface area contributed by atoms with Gasteiger partial charge in [0, 0.05) is 19.2 Å². The molecule has 0 heterocycles. The van der Waals surface area contributed by atoms with E-state index in [0.717, 1.165) is 0 Å². The zero-order valence-electron chi connectivity index (χ0n) is 15.2. The smallest absolute Gasteiger partial charge is 0.264 e. The van der Waals surface area contributed by atoms with Gasteiger partial charge in [-0.3, -0.25) is 9.10 Å². The lowest BCUT2D eigenvalue weighted by molar-refractivity contribution is 0.0950. The van der Waals surface area contributed by atoms with Crippen LogP contribution in [0, 0.1) is 5.82 Å². The van der Waals surface area contributed by atoms with Gasteiger partial charge in [0.15, 0.2) is 0 Å². The summed E-state index contributed by atoms with van der Waals surface area (Å²) in [6.45, 7) is 0.174. The van der Waals surface area contributed by atoms with Gasteiger partial charge in [-0.25, -0.2) is 12.8 Å². The lowest BCUT2D eigenvalue weighted by Gasteiger charge is -2.19. The molecule has 1 N–H and O–H groups in total. The number of carbonyl (C=O) groups is 1. The van der Waals surface area contributed by atoms with Crippen LogP contribution in [0.5, 0.6) is 0 Å². The summed E-state index contributed by atoms with van der Waals surface area (Å²) in [6.07, 6.45) is 0. The summed E-state index contributed by atoms with van der Waals surface area (Å²) >= 11 is 0. The molecule has 3 aromatic carbocycles. The summed E-state index contributed by atoms with van der Waals surface area (Å²) in [5.41, 5.74) is 1.49. The minimum atomic E-state index is -3.73. The predicted octanol–water partition coefficient (Wildman–Crippen LogP) is 3.58. The predicted molar refractivity (Wildman–Crippen MR) is 106 cm³/mol. The van der Waals surface area contributed by atoms with Crippen molar-refractivity contribution in [3.8, 4) is 0 Å². The van der Waals surface area contributed by atoms with E-state index in [-0.39, 0.29) is 23.2 Å². The number of anilines is 1. The molecule has 0 unspecified atom stereocenters. The van der Waals surface area contributed by atoms with Gasteiger partial charge >= 0.3 is 0 Å². The number of halogens is 1. The number of nitrogens with one attached hydrogen (secondary N) is 1. The third kappa shape index (κ3) is 4.37. The van der Waals surface area contributed by atoms with Crippen LogP contribution >= 0.6 is 0 Å². The minimum Gasteiger partial charge on any atom is -0.348 e. The highest BCUT2D eigenvalue weighted by atomic mass is 32.2. The fourth-order valence-electron chi connectivity index (χ4n) is 2.64. The number of hydrogen-bond donors (Lipinski definition) is 1. The van der Waals surface area contributed by atoms with E-state index in [2.05, 4.69) is 5.32 Å². The van der Waals surface area contributed by atoms with Gasteiger partial charge in [0.25, 0.3) is 15.9 Å². The van der Waals surface area contributed by atoms with Crippen molar-refractivity contribution in [2.75, 3.05) is 11.4 Å². The quantitative estimate of drug-likeness (QED) is 0.690. The lowest BCUT2D eigenvalue weighted by atomic mass is 10.2. The molecule has 0 saturated heterocycles. The maximum absolute atomic E-state index is 13.2. The maximum atomic E-state index is 13.2. The van der Waals surface area contributed by atoms with Gasteiger partial charge in [-0.1, -0.05) is 30.3 Å². The number of nitrogens with zero attached hydrogens (tertiary/aromatic N) is 1. The molecule has 1 amide bonds. The van der Waals surface area contributed by atoms with Crippen LogP contribution in [0.15, 0.2) is 83.8 Å². The first-order valence-corrected chi connectivity index (χ1v) is 9.98. The highest BCUT2D eigenvalue weighted by Gasteiger charge is 2.21. The molecule has 3 rings (SSSR count). The largest absolute Gasteiger partial charge is 0.348 e. The van der Waals surface area contributed by atoms with Crippen LogP contribution < -0.4 is 9.62 Å². The highest BCUT2D eigenvalue weighted by Crippen LogP contribution is 2.21. The molecular formula is C21H19FN2O3S. The standard InChI is InChI=1S/C21H19FN2O3S/c1-24(19-8-3-2-4-9-19)28(26,27)20-12-10-17(11-13-20)21(25)23-15-16-6-5-7-18(22)14-16/h2-14H,15H2,1H3,(H,23,25). The van der Waals surface area contributed by atoms with Crippen molar-refractivity contribution in [3.05, 3.63) is 95.8 Å². The molecule has 7 heteroatoms. The van der Waals surface area contributed by atoms with Crippen LogP contribution in [0.1, 0.15) is 15.9 Å². The summed E-state index contributed by atoms with van der Waals surface area (Å²) in [7, 11) is -2.26. The number of para-hydroxylation sites is 1. The summed E-state index contributed by atoms with van der Waals surface area (Å²) in [5.74, 6) is -0.742. The van der Waals surface area contributed by atoms with Crippen molar-refractivity contribution in [1.29, 1.82) is 0 Å². The summed E-state index contributed by atoms with van der Waals surface area (Å²) in [4.78, 5) is 12.3. The van der Waals surface area contributed by atoms with E-state index in [0.29, 0.717) is 16.8 Å². The van der Waals surface area contributed by atoms with Gasteiger partial charge < -0.3 is 5.32 Å². The zero-order chi connectivity index (χ0) is 20.1. The van der Waals surface area contributed by atoms with E-state index >= 15 is 0 Å². The molecule has 0 bridgehead atoms. The minimum absolute atomic E-state index is 0.0838. The molecule has 5 nitrogen and oxygen atoms in total. The molecule has 0 aliphatic carbocycles. The lowest BCUT2D eigenvalue weighted by Crippen LogP contribution is -2.27. The molecule has 0 fully saturated rings. The Labute approximate surface area is 163 Å². The van der Waals surface area contributed by atoms with Gasteiger partial charge in [-0.05, 0) is 54.1 Å².